The summed E-state index contributed by atoms with van der Waals surface area (Å²) in [5.41, 5.74) is 3.15. The first-order chi connectivity index (χ1) is 15.6. The number of phenols is 1. The molecule has 0 amide bonds. The third kappa shape index (κ3) is 10.8. The van der Waals surface area contributed by atoms with E-state index in [0.717, 1.165) is 12.0 Å². The van der Waals surface area contributed by atoms with Crippen LogP contribution >= 0.6 is 0 Å². The molecule has 2 N–H and O–H groups in total. The number of aliphatic carboxylic acids is 1. The van der Waals surface area contributed by atoms with Gasteiger partial charge in [0.25, 0.3) is 0 Å². The Morgan fingerprint density at radius 3 is 1.88 bits per heavy atom. The molecule has 0 atom stereocenters. The number of rotatable bonds is 6. The van der Waals surface area contributed by atoms with Gasteiger partial charge >= 0.3 is 5.97 Å². The van der Waals surface area contributed by atoms with Crippen molar-refractivity contribution in [2.45, 2.75) is 61.3 Å². The number of phenolic OH excluding ortho intramolecular Hbond substituents is 1. The van der Waals surface area contributed by atoms with E-state index in [4.69, 9.17) is 10.2 Å². The van der Waals surface area contributed by atoms with Crippen molar-refractivity contribution >= 4 is 11.5 Å². The van der Waals surface area contributed by atoms with Gasteiger partial charge in [-0.05, 0) is 75.1 Å². The number of allylic oxidation sites excluding steroid dienone is 5. The molecular weight excluding hydrogens is 422 g/mol. The Morgan fingerprint density at radius 2 is 1.48 bits per heavy atom. The molecule has 0 aromatic heterocycles. The smallest absolute Gasteiger partial charge is 0.331 e. The molecule has 0 spiro atoms. The SMILES string of the molecule is CC.CCC(C)=C/C=C(\C=C(/C)C(=O)O)c1cc(F)c(CC)c(F)c1.Cc1ccc(O)cc1. The van der Waals surface area contributed by atoms with E-state index in [1.54, 1.807) is 25.1 Å². The summed E-state index contributed by atoms with van der Waals surface area (Å²) in [5.74, 6) is -1.98. The Kier molecular flexibility index (Phi) is 14.1. The van der Waals surface area contributed by atoms with Crippen molar-refractivity contribution < 1.29 is 23.8 Å². The number of halogens is 2. The average Bonchev–Trinajstić information content (AvgIpc) is 2.79. The molecule has 0 aliphatic rings. The summed E-state index contributed by atoms with van der Waals surface area (Å²) < 4.78 is 28.0. The molecule has 2 aromatic rings. The predicted molar refractivity (Wildman–Crippen MR) is 133 cm³/mol. The van der Waals surface area contributed by atoms with Crippen LogP contribution in [0.1, 0.15) is 64.7 Å². The van der Waals surface area contributed by atoms with Crippen LogP contribution in [-0.2, 0) is 11.2 Å². The largest absolute Gasteiger partial charge is 0.508 e. The summed E-state index contributed by atoms with van der Waals surface area (Å²) in [6.45, 7) is 13.0. The Bertz CT molecular complexity index is 941. The first-order valence-electron chi connectivity index (χ1n) is 11.1. The molecule has 5 heteroatoms. The van der Waals surface area contributed by atoms with Crippen molar-refractivity contribution in [3.63, 3.8) is 0 Å². The van der Waals surface area contributed by atoms with Gasteiger partial charge in [0.2, 0.25) is 0 Å². The highest BCUT2D eigenvalue weighted by Gasteiger charge is 2.12. The Hall–Kier alpha value is -3.21. The Balaban J connectivity index is 0.000000849. The van der Waals surface area contributed by atoms with Crippen molar-refractivity contribution in [2.24, 2.45) is 0 Å². The number of carboxylic acid groups (broad SMARTS) is 1. The molecule has 2 rings (SSSR count). The van der Waals surface area contributed by atoms with Crippen molar-refractivity contribution in [3.8, 4) is 5.75 Å². The lowest BCUT2D eigenvalue weighted by Gasteiger charge is -2.08. The summed E-state index contributed by atoms with van der Waals surface area (Å²) in [6, 6.07) is 9.58. The van der Waals surface area contributed by atoms with Crippen molar-refractivity contribution in [1.82, 2.24) is 0 Å². The van der Waals surface area contributed by atoms with Gasteiger partial charge in [-0.25, -0.2) is 13.6 Å². The van der Waals surface area contributed by atoms with E-state index < -0.39 is 17.6 Å². The number of carboxylic acids is 1. The summed E-state index contributed by atoms with van der Waals surface area (Å²) in [5, 5.41) is 17.8. The number of carbonyl (C=O) groups is 1. The van der Waals surface area contributed by atoms with Gasteiger partial charge in [0, 0.05) is 11.1 Å². The van der Waals surface area contributed by atoms with Crippen LogP contribution in [0.4, 0.5) is 8.78 Å². The molecule has 0 aliphatic heterocycles. The van der Waals surface area contributed by atoms with Gasteiger partial charge < -0.3 is 10.2 Å². The van der Waals surface area contributed by atoms with Crippen molar-refractivity contribution in [2.75, 3.05) is 0 Å². The lowest BCUT2D eigenvalue weighted by Crippen LogP contribution is -1.99. The van der Waals surface area contributed by atoms with E-state index in [1.807, 2.05) is 52.8 Å². The molecule has 0 aliphatic carbocycles. The highest BCUT2D eigenvalue weighted by Crippen LogP contribution is 2.24. The minimum Gasteiger partial charge on any atom is -0.508 e. The molecule has 3 nitrogen and oxygen atoms in total. The third-order valence-corrected chi connectivity index (χ3v) is 4.68. The maximum atomic E-state index is 14.0. The second-order valence-electron chi connectivity index (χ2n) is 7.23. The number of aromatic hydroxyl groups is 1. The van der Waals surface area contributed by atoms with Gasteiger partial charge in [0.1, 0.15) is 17.4 Å². The number of benzene rings is 2. The zero-order chi connectivity index (χ0) is 25.6. The minimum absolute atomic E-state index is 0.0346. The quantitative estimate of drug-likeness (QED) is 0.340. The summed E-state index contributed by atoms with van der Waals surface area (Å²) in [7, 11) is 0. The van der Waals surface area contributed by atoms with Crippen LogP contribution in [0.15, 0.2) is 65.8 Å². The van der Waals surface area contributed by atoms with Crippen LogP contribution in [0, 0.1) is 18.6 Å². The predicted octanol–water partition coefficient (Wildman–Crippen LogP) is 8.02. The minimum atomic E-state index is -1.07. The van der Waals surface area contributed by atoms with Gasteiger partial charge in [-0.2, -0.15) is 0 Å². The van der Waals surface area contributed by atoms with Crippen LogP contribution < -0.4 is 0 Å². The standard InChI is InChI=1S/C19H22F2O2.C7H8O.C2H6/c1-5-12(3)7-8-14(9-13(4)19(22)23)15-10-17(20)16(6-2)18(21)11-15;1-6-2-4-7(8)5-3-6;1-2/h7-11H,5-6H2,1-4H3,(H,22,23);2-5,8H,1H3;1-2H3/b12-7?,13-9+,14-8+;;. The maximum Gasteiger partial charge on any atom is 0.331 e. The highest BCUT2D eigenvalue weighted by atomic mass is 19.1. The van der Waals surface area contributed by atoms with E-state index in [2.05, 4.69) is 0 Å². The molecule has 33 heavy (non-hydrogen) atoms. The zero-order valence-corrected chi connectivity index (χ0v) is 20.7. The summed E-state index contributed by atoms with van der Waals surface area (Å²) in [6.07, 6.45) is 6.02. The topological polar surface area (TPSA) is 57.5 Å². The average molecular weight is 459 g/mol. The molecule has 0 saturated carbocycles. The molecule has 0 heterocycles. The molecule has 0 saturated heterocycles. The summed E-state index contributed by atoms with van der Waals surface area (Å²) in [4.78, 5) is 11.0. The van der Waals surface area contributed by atoms with Gasteiger partial charge in [-0.3, -0.25) is 0 Å². The van der Waals surface area contributed by atoms with Gasteiger partial charge in [0.15, 0.2) is 0 Å². The van der Waals surface area contributed by atoms with Gasteiger partial charge in [-0.15, -0.1) is 0 Å². The van der Waals surface area contributed by atoms with Crippen LogP contribution in [0.5, 0.6) is 5.75 Å². The third-order valence-electron chi connectivity index (χ3n) is 4.68. The second kappa shape index (κ2) is 15.6. The van der Waals surface area contributed by atoms with E-state index in [0.29, 0.717) is 16.9 Å². The van der Waals surface area contributed by atoms with Crippen LogP contribution in [-0.4, -0.2) is 16.2 Å². The number of aryl methyl sites for hydroxylation is 1. The highest BCUT2D eigenvalue weighted by molar-refractivity contribution is 5.91. The fourth-order valence-corrected chi connectivity index (χ4v) is 2.52. The van der Waals surface area contributed by atoms with Gasteiger partial charge in [0.05, 0.1) is 0 Å². The lowest BCUT2D eigenvalue weighted by atomic mass is 9.99. The van der Waals surface area contributed by atoms with E-state index in [1.165, 1.54) is 30.7 Å². The van der Waals surface area contributed by atoms with E-state index in [9.17, 15) is 13.6 Å². The second-order valence-corrected chi connectivity index (χ2v) is 7.23. The summed E-state index contributed by atoms with van der Waals surface area (Å²) >= 11 is 0. The first kappa shape index (κ1) is 29.8. The van der Waals surface area contributed by atoms with Crippen molar-refractivity contribution in [1.29, 1.82) is 0 Å². The zero-order valence-electron chi connectivity index (χ0n) is 20.7. The fourth-order valence-electron chi connectivity index (χ4n) is 2.52. The molecule has 180 valence electrons. The van der Waals surface area contributed by atoms with Crippen LogP contribution in [0.25, 0.3) is 5.57 Å². The molecule has 0 fully saturated rings. The fraction of sp³-hybridized carbons (Fsp3) is 0.321. The molecule has 0 radical (unpaired) electrons. The van der Waals surface area contributed by atoms with Crippen LogP contribution in [0.3, 0.4) is 0 Å². The molecule has 0 unspecified atom stereocenters. The van der Waals surface area contributed by atoms with E-state index >= 15 is 0 Å². The lowest BCUT2D eigenvalue weighted by molar-refractivity contribution is -0.132. The Morgan fingerprint density at radius 1 is 0.970 bits per heavy atom. The Labute approximate surface area is 196 Å². The number of hydrogen-bond donors (Lipinski definition) is 2. The molecular formula is C28H36F2O3. The maximum absolute atomic E-state index is 14.0. The molecule has 0 bridgehead atoms. The molecule has 2 aromatic carbocycles. The monoisotopic (exact) mass is 458 g/mol. The number of hydrogen-bond acceptors (Lipinski definition) is 2. The van der Waals surface area contributed by atoms with Gasteiger partial charge in [-0.1, -0.05) is 63.1 Å². The van der Waals surface area contributed by atoms with E-state index in [-0.39, 0.29) is 17.6 Å². The van der Waals surface area contributed by atoms with Crippen molar-refractivity contribution in [3.05, 3.63) is 94.1 Å². The van der Waals surface area contributed by atoms with Crippen LogP contribution in [0.2, 0.25) is 0 Å². The first-order valence-corrected chi connectivity index (χ1v) is 11.1. The normalized spacial score (nSPS) is 11.7.